The predicted octanol–water partition coefficient (Wildman–Crippen LogP) is 1.71. The summed E-state index contributed by atoms with van der Waals surface area (Å²) < 4.78 is 5.01. The average Bonchev–Trinajstić information content (AvgIpc) is 3.10. The van der Waals surface area contributed by atoms with E-state index in [1.54, 1.807) is 7.11 Å². The quantitative estimate of drug-likeness (QED) is 0.718. The Morgan fingerprint density at radius 2 is 2.33 bits per heavy atom. The van der Waals surface area contributed by atoms with E-state index in [1.807, 2.05) is 18.5 Å². The Morgan fingerprint density at radius 1 is 1.38 bits per heavy atom. The smallest absolute Gasteiger partial charge is 0.148 e. The van der Waals surface area contributed by atoms with Crippen molar-refractivity contribution < 1.29 is 4.74 Å². The molecular weight excluding hydrogens is 304 g/mol. The van der Waals surface area contributed by atoms with Gasteiger partial charge in [0.2, 0.25) is 0 Å². The molecular formula is C17H26N6O. The summed E-state index contributed by atoms with van der Waals surface area (Å²) in [5.41, 5.74) is 1.07. The number of nitrogens with one attached hydrogen (secondary N) is 2. The molecule has 2 N–H and O–H groups in total. The molecule has 1 aliphatic heterocycles. The van der Waals surface area contributed by atoms with Crippen molar-refractivity contribution in [2.24, 2.45) is 5.92 Å². The van der Waals surface area contributed by atoms with Gasteiger partial charge in [0.1, 0.15) is 11.6 Å². The van der Waals surface area contributed by atoms with Crippen LogP contribution >= 0.6 is 0 Å². The highest BCUT2D eigenvalue weighted by molar-refractivity contribution is 5.32. The minimum atomic E-state index is 0.635. The van der Waals surface area contributed by atoms with Crippen molar-refractivity contribution in [3.8, 4) is 0 Å². The zero-order valence-electron chi connectivity index (χ0n) is 14.2. The second-order valence-corrected chi connectivity index (χ2v) is 6.31. The summed E-state index contributed by atoms with van der Waals surface area (Å²) in [4.78, 5) is 9.98. The van der Waals surface area contributed by atoms with Crippen LogP contribution in [0.15, 0.2) is 24.5 Å². The van der Waals surface area contributed by atoms with Crippen LogP contribution in [-0.4, -0.2) is 58.4 Å². The van der Waals surface area contributed by atoms with Gasteiger partial charge in [0.25, 0.3) is 0 Å². The second kappa shape index (κ2) is 8.75. The van der Waals surface area contributed by atoms with Gasteiger partial charge in [-0.15, -0.1) is 5.10 Å². The van der Waals surface area contributed by atoms with Gasteiger partial charge in [-0.05, 0) is 43.9 Å². The van der Waals surface area contributed by atoms with Crippen molar-refractivity contribution in [2.75, 3.05) is 38.7 Å². The molecule has 24 heavy (non-hydrogen) atoms. The minimum Gasteiger partial charge on any atom is -0.383 e. The average molecular weight is 330 g/mol. The Balaban J connectivity index is 1.48. The van der Waals surface area contributed by atoms with Gasteiger partial charge in [-0.25, -0.2) is 4.98 Å². The molecule has 7 heteroatoms. The fourth-order valence-electron chi connectivity index (χ4n) is 3.20. The van der Waals surface area contributed by atoms with E-state index in [1.165, 1.54) is 12.8 Å². The van der Waals surface area contributed by atoms with Crippen LogP contribution < -0.4 is 5.32 Å². The molecule has 0 bridgehead atoms. The molecule has 1 aliphatic rings. The van der Waals surface area contributed by atoms with E-state index in [9.17, 15) is 0 Å². The zero-order chi connectivity index (χ0) is 16.6. The molecule has 2 aromatic heterocycles. The van der Waals surface area contributed by atoms with Crippen LogP contribution in [0.25, 0.3) is 0 Å². The first kappa shape index (κ1) is 16.9. The summed E-state index contributed by atoms with van der Waals surface area (Å²) in [6, 6.07) is 4.08. The maximum Gasteiger partial charge on any atom is 0.148 e. The van der Waals surface area contributed by atoms with E-state index in [-0.39, 0.29) is 0 Å². The van der Waals surface area contributed by atoms with Crippen LogP contribution in [0.5, 0.6) is 0 Å². The van der Waals surface area contributed by atoms with Crippen LogP contribution in [0.4, 0.5) is 5.82 Å². The minimum absolute atomic E-state index is 0.635. The molecule has 0 aliphatic carbocycles. The highest BCUT2D eigenvalue weighted by atomic mass is 16.5. The number of aromatic amines is 1. The number of nitrogens with zero attached hydrogens (tertiary/aromatic N) is 4. The lowest BCUT2D eigenvalue weighted by atomic mass is 9.93. The number of H-pyrrole nitrogens is 1. The molecule has 3 rings (SSSR count). The summed E-state index contributed by atoms with van der Waals surface area (Å²) in [5, 5.41) is 11.8. The molecule has 0 unspecified atom stereocenters. The third-order valence-corrected chi connectivity index (χ3v) is 4.36. The first-order valence-corrected chi connectivity index (χ1v) is 8.59. The maximum atomic E-state index is 5.01. The molecule has 2 aromatic rings. The van der Waals surface area contributed by atoms with E-state index >= 15 is 0 Å². The number of rotatable bonds is 8. The van der Waals surface area contributed by atoms with Crippen molar-refractivity contribution in [2.45, 2.75) is 25.8 Å². The van der Waals surface area contributed by atoms with Gasteiger partial charge in [0.15, 0.2) is 0 Å². The lowest BCUT2D eigenvalue weighted by Gasteiger charge is -2.31. The molecule has 7 nitrogen and oxygen atoms in total. The zero-order valence-corrected chi connectivity index (χ0v) is 14.2. The number of methoxy groups -OCH3 is 1. The number of ether oxygens (including phenoxy) is 1. The van der Waals surface area contributed by atoms with Gasteiger partial charge in [-0.1, -0.05) is 0 Å². The van der Waals surface area contributed by atoms with Gasteiger partial charge in [-0.2, -0.15) is 5.10 Å². The molecule has 0 aromatic carbocycles. The van der Waals surface area contributed by atoms with E-state index in [0.717, 1.165) is 49.9 Å². The van der Waals surface area contributed by atoms with Crippen LogP contribution in [0.3, 0.4) is 0 Å². The number of imidazole rings is 1. The topological polar surface area (TPSA) is 79.0 Å². The van der Waals surface area contributed by atoms with Crippen molar-refractivity contribution in [3.63, 3.8) is 0 Å². The fourth-order valence-corrected chi connectivity index (χ4v) is 3.20. The maximum absolute atomic E-state index is 5.01. The van der Waals surface area contributed by atoms with Gasteiger partial charge in [0.05, 0.1) is 18.8 Å². The first-order valence-electron chi connectivity index (χ1n) is 8.59. The third kappa shape index (κ3) is 5.01. The van der Waals surface area contributed by atoms with Gasteiger partial charge in [0, 0.05) is 32.6 Å². The summed E-state index contributed by atoms with van der Waals surface area (Å²) >= 11 is 0. The van der Waals surface area contributed by atoms with Crippen molar-refractivity contribution in [3.05, 3.63) is 36.0 Å². The Labute approximate surface area is 142 Å². The van der Waals surface area contributed by atoms with Gasteiger partial charge >= 0.3 is 0 Å². The Kier molecular flexibility index (Phi) is 6.14. The lowest BCUT2D eigenvalue weighted by molar-refractivity contribution is 0.163. The number of anilines is 1. The van der Waals surface area contributed by atoms with Crippen LogP contribution in [0, 0.1) is 5.92 Å². The summed E-state index contributed by atoms with van der Waals surface area (Å²) in [6.45, 7) is 4.55. The molecule has 130 valence electrons. The largest absolute Gasteiger partial charge is 0.383 e. The molecule has 1 fully saturated rings. The van der Waals surface area contributed by atoms with Crippen molar-refractivity contribution in [1.29, 1.82) is 0 Å². The lowest BCUT2D eigenvalue weighted by Crippen LogP contribution is -2.36. The molecule has 1 saturated heterocycles. The van der Waals surface area contributed by atoms with E-state index < -0.39 is 0 Å². The second-order valence-electron chi connectivity index (χ2n) is 6.31. The SMILES string of the molecule is COCCNc1ccc(C[C@@H]2CCCN(Cc3ncc[nH]3)C2)nn1. The molecule has 0 amide bonds. The Bertz CT molecular complexity index is 586. The van der Waals surface area contributed by atoms with Crippen LogP contribution in [-0.2, 0) is 17.7 Å². The number of hydrogen-bond donors (Lipinski definition) is 2. The van der Waals surface area contributed by atoms with Crippen molar-refractivity contribution in [1.82, 2.24) is 25.1 Å². The highest BCUT2D eigenvalue weighted by Gasteiger charge is 2.21. The molecule has 0 radical (unpaired) electrons. The number of hydrogen-bond acceptors (Lipinski definition) is 6. The number of piperidine rings is 1. The summed E-state index contributed by atoms with van der Waals surface area (Å²) in [5.74, 6) is 2.48. The number of aromatic nitrogens is 4. The molecule has 1 atom stereocenters. The highest BCUT2D eigenvalue weighted by Crippen LogP contribution is 2.21. The first-order chi connectivity index (χ1) is 11.8. The monoisotopic (exact) mass is 330 g/mol. The summed E-state index contributed by atoms with van der Waals surface area (Å²) in [7, 11) is 1.69. The number of likely N-dealkylation sites (tertiary alicyclic amines) is 1. The van der Waals surface area contributed by atoms with Crippen molar-refractivity contribution >= 4 is 5.82 Å². The molecule has 0 saturated carbocycles. The summed E-state index contributed by atoms with van der Waals surface area (Å²) in [6.07, 6.45) is 7.17. The molecule has 0 spiro atoms. The van der Waals surface area contributed by atoms with Gasteiger partial charge in [-0.3, -0.25) is 4.90 Å². The standard InChI is InChI=1S/C17H26N6O/c1-24-10-8-20-16-5-4-15(21-22-16)11-14-3-2-9-23(12-14)13-17-18-6-7-19-17/h4-7,14H,2-3,8-13H2,1H3,(H,18,19)(H,20,22)/t14-/m0/s1. The molecule has 3 heterocycles. The Hall–Kier alpha value is -1.99. The van der Waals surface area contributed by atoms with Crippen LogP contribution in [0.1, 0.15) is 24.4 Å². The normalized spacial score (nSPS) is 18.6. The fraction of sp³-hybridized carbons (Fsp3) is 0.588. The van der Waals surface area contributed by atoms with E-state index in [0.29, 0.717) is 12.5 Å². The Morgan fingerprint density at radius 3 is 3.08 bits per heavy atom. The van der Waals surface area contributed by atoms with E-state index in [2.05, 4.69) is 36.4 Å². The van der Waals surface area contributed by atoms with Crippen LogP contribution in [0.2, 0.25) is 0 Å². The van der Waals surface area contributed by atoms with E-state index in [4.69, 9.17) is 4.74 Å². The third-order valence-electron chi connectivity index (χ3n) is 4.36. The predicted molar refractivity (Wildman–Crippen MR) is 92.7 cm³/mol. The van der Waals surface area contributed by atoms with Gasteiger partial charge < -0.3 is 15.0 Å².